The molecule has 0 aliphatic rings. The smallest absolute Gasteiger partial charge is 0.322 e. The summed E-state index contributed by atoms with van der Waals surface area (Å²) in [5.74, 6) is -1.99. The number of anilines is 2. The Labute approximate surface area is 161 Å². The van der Waals surface area contributed by atoms with E-state index in [2.05, 4.69) is 10.6 Å². The standard InChI is InChI=1S/C11H10I3N3O4/c1-3(18)17-10-7(13)5(6(12)9(15)8(10)14)11(21)16-2-4(19)20/h2,15H2,1H3,(H,16,21)(H,17,18)(H,19,20). The first-order valence-corrected chi connectivity index (χ1v) is 8.63. The third-order valence-corrected chi connectivity index (χ3v) is 5.60. The molecular weight excluding hydrogens is 619 g/mol. The highest BCUT2D eigenvalue weighted by molar-refractivity contribution is 14.1. The van der Waals surface area contributed by atoms with Gasteiger partial charge in [0.1, 0.15) is 6.54 Å². The number of rotatable bonds is 4. The monoisotopic (exact) mass is 629 g/mol. The molecule has 0 fully saturated rings. The van der Waals surface area contributed by atoms with Crippen molar-refractivity contribution in [2.75, 3.05) is 17.6 Å². The second-order valence-corrected chi connectivity index (χ2v) is 7.10. The molecule has 0 saturated carbocycles. The largest absolute Gasteiger partial charge is 0.480 e. The molecule has 1 rings (SSSR count). The quantitative estimate of drug-likeness (QED) is 0.300. The number of nitrogens with one attached hydrogen (secondary N) is 2. The van der Waals surface area contributed by atoms with Crippen molar-refractivity contribution in [2.24, 2.45) is 0 Å². The number of aliphatic carboxylic acids is 1. The average molecular weight is 629 g/mol. The second-order valence-electron chi connectivity index (χ2n) is 3.86. The van der Waals surface area contributed by atoms with Gasteiger partial charge < -0.3 is 21.5 Å². The zero-order valence-corrected chi connectivity index (χ0v) is 17.1. The lowest BCUT2D eigenvalue weighted by molar-refractivity contribution is -0.135. The van der Waals surface area contributed by atoms with E-state index in [0.29, 0.717) is 22.1 Å². The van der Waals surface area contributed by atoms with Crippen LogP contribution in [-0.4, -0.2) is 29.4 Å². The molecule has 7 nitrogen and oxygen atoms in total. The van der Waals surface area contributed by atoms with Gasteiger partial charge in [-0.2, -0.15) is 0 Å². The van der Waals surface area contributed by atoms with Gasteiger partial charge in [-0.1, -0.05) is 0 Å². The van der Waals surface area contributed by atoms with Gasteiger partial charge in [-0.05, 0) is 67.8 Å². The van der Waals surface area contributed by atoms with Crippen molar-refractivity contribution in [1.82, 2.24) is 5.32 Å². The van der Waals surface area contributed by atoms with Crippen LogP contribution in [0.5, 0.6) is 0 Å². The number of halogens is 3. The Kier molecular flexibility index (Phi) is 6.89. The molecule has 0 atom stereocenters. The summed E-state index contributed by atoms with van der Waals surface area (Å²) in [7, 11) is 0. The van der Waals surface area contributed by atoms with Crippen molar-refractivity contribution >= 4 is 96.9 Å². The number of carboxylic acid groups (broad SMARTS) is 1. The Hall–Kier alpha value is -0.380. The van der Waals surface area contributed by atoms with Crippen molar-refractivity contribution < 1.29 is 19.5 Å². The van der Waals surface area contributed by atoms with Crippen LogP contribution in [0.3, 0.4) is 0 Å². The number of hydrogen-bond acceptors (Lipinski definition) is 4. The first-order valence-electron chi connectivity index (χ1n) is 5.40. The predicted molar refractivity (Wildman–Crippen MR) is 103 cm³/mol. The molecule has 2 amide bonds. The zero-order chi connectivity index (χ0) is 16.3. The van der Waals surface area contributed by atoms with E-state index in [9.17, 15) is 14.4 Å². The summed E-state index contributed by atoms with van der Waals surface area (Å²) < 4.78 is 1.65. The Morgan fingerprint density at radius 1 is 1.14 bits per heavy atom. The molecule has 0 unspecified atom stereocenters. The number of nitrogen functional groups attached to an aromatic ring is 1. The Balaban J connectivity index is 3.37. The van der Waals surface area contributed by atoms with Crippen molar-refractivity contribution in [3.63, 3.8) is 0 Å². The topological polar surface area (TPSA) is 122 Å². The van der Waals surface area contributed by atoms with Gasteiger partial charge in [-0.15, -0.1) is 0 Å². The molecular formula is C11H10I3N3O4. The van der Waals surface area contributed by atoms with E-state index in [4.69, 9.17) is 10.8 Å². The van der Waals surface area contributed by atoms with E-state index in [-0.39, 0.29) is 11.5 Å². The summed E-state index contributed by atoms with van der Waals surface area (Å²) in [6.07, 6.45) is 0. The molecule has 0 aromatic heterocycles. The fourth-order valence-corrected chi connectivity index (χ4v) is 5.34. The molecule has 114 valence electrons. The van der Waals surface area contributed by atoms with Crippen molar-refractivity contribution in [3.8, 4) is 0 Å². The molecule has 0 aliphatic heterocycles. The number of nitrogens with two attached hydrogens (primary N) is 1. The lowest BCUT2D eigenvalue weighted by atomic mass is 10.1. The molecule has 1 aromatic rings. The van der Waals surface area contributed by atoms with Crippen LogP contribution in [0.15, 0.2) is 0 Å². The van der Waals surface area contributed by atoms with E-state index < -0.39 is 18.4 Å². The lowest BCUT2D eigenvalue weighted by Crippen LogP contribution is -2.31. The first kappa shape index (κ1) is 18.7. The van der Waals surface area contributed by atoms with Crippen LogP contribution in [0.2, 0.25) is 0 Å². The van der Waals surface area contributed by atoms with Gasteiger partial charge in [0, 0.05) is 6.92 Å². The third kappa shape index (κ3) is 4.54. The maximum absolute atomic E-state index is 12.1. The van der Waals surface area contributed by atoms with Crippen LogP contribution in [0.4, 0.5) is 11.4 Å². The van der Waals surface area contributed by atoms with Gasteiger partial charge in [0.2, 0.25) is 5.91 Å². The summed E-state index contributed by atoms with van der Waals surface area (Å²) in [5, 5.41) is 13.5. The van der Waals surface area contributed by atoms with Gasteiger partial charge >= 0.3 is 5.97 Å². The molecule has 0 heterocycles. The third-order valence-electron chi connectivity index (χ3n) is 2.28. The van der Waals surface area contributed by atoms with Gasteiger partial charge in [-0.25, -0.2) is 0 Å². The number of amides is 2. The summed E-state index contributed by atoms with van der Waals surface area (Å²) in [6.45, 7) is 0.858. The number of carbonyl (C=O) groups excluding carboxylic acids is 2. The number of carboxylic acids is 1. The SMILES string of the molecule is CC(=O)Nc1c(I)c(N)c(I)c(C(=O)NCC(=O)O)c1I. The van der Waals surface area contributed by atoms with Crippen LogP contribution in [0.1, 0.15) is 17.3 Å². The maximum atomic E-state index is 12.1. The van der Waals surface area contributed by atoms with Crippen LogP contribution in [-0.2, 0) is 9.59 Å². The normalized spacial score (nSPS) is 10.1. The average Bonchev–Trinajstić information content (AvgIpc) is 2.39. The fraction of sp³-hybridized carbons (Fsp3) is 0.182. The fourth-order valence-electron chi connectivity index (χ4n) is 1.41. The van der Waals surface area contributed by atoms with E-state index in [0.717, 1.165) is 0 Å². The molecule has 0 bridgehead atoms. The highest BCUT2D eigenvalue weighted by Crippen LogP contribution is 2.37. The zero-order valence-electron chi connectivity index (χ0n) is 10.6. The second kappa shape index (κ2) is 7.75. The molecule has 0 spiro atoms. The molecule has 10 heteroatoms. The number of carbonyl (C=O) groups is 3. The Morgan fingerprint density at radius 2 is 1.71 bits per heavy atom. The van der Waals surface area contributed by atoms with Crippen LogP contribution >= 0.6 is 67.8 Å². The van der Waals surface area contributed by atoms with E-state index in [1.54, 1.807) is 0 Å². The summed E-state index contributed by atoms with van der Waals surface area (Å²) in [6, 6.07) is 0. The van der Waals surface area contributed by atoms with Crippen molar-refractivity contribution in [3.05, 3.63) is 16.3 Å². The number of benzene rings is 1. The van der Waals surface area contributed by atoms with Crippen molar-refractivity contribution in [2.45, 2.75) is 6.92 Å². The molecule has 0 radical (unpaired) electrons. The molecule has 1 aromatic carbocycles. The van der Waals surface area contributed by atoms with Gasteiger partial charge in [0.25, 0.3) is 5.91 Å². The van der Waals surface area contributed by atoms with E-state index >= 15 is 0 Å². The molecule has 0 saturated heterocycles. The van der Waals surface area contributed by atoms with E-state index in [1.165, 1.54) is 6.92 Å². The lowest BCUT2D eigenvalue weighted by Gasteiger charge is -2.17. The van der Waals surface area contributed by atoms with Crippen LogP contribution in [0.25, 0.3) is 0 Å². The minimum atomic E-state index is -1.14. The maximum Gasteiger partial charge on any atom is 0.322 e. The number of hydrogen-bond donors (Lipinski definition) is 4. The van der Waals surface area contributed by atoms with E-state index in [1.807, 2.05) is 67.8 Å². The van der Waals surface area contributed by atoms with Gasteiger partial charge in [0.05, 0.1) is 27.6 Å². The van der Waals surface area contributed by atoms with Crippen molar-refractivity contribution in [1.29, 1.82) is 0 Å². The Morgan fingerprint density at radius 3 is 2.19 bits per heavy atom. The summed E-state index contributed by atoms with van der Waals surface area (Å²) >= 11 is 5.84. The minimum absolute atomic E-state index is 0.249. The predicted octanol–water partition coefficient (Wildman–Crippen LogP) is 1.86. The van der Waals surface area contributed by atoms with Gasteiger partial charge in [0.15, 0.2) is 0 Å². The minimum Gasteiger partial charge on any atom is -0.480 e. The van der Waals surface area contributed by atoms with Gasteiger partial charge in [-0.3, -0.25) is 14.4 Å². The molecule has 5 N–H and O–H groups in total. The highest BCUT2D eigenvalue weighted by atomic mass is 127. The first-order chi connectivity index (χ1) is 9.66. The molecule has 0 aliphatic carbocycles. The molecule has 21 heavy (non-hydrogen) atoms. The van der Waals surface area contributed by atoms with Crippen LogP contribution < -0.4 is 16.4 Å². The summed E-state index contributed by atoms with van der Waals surface area (Å²) in [5.41, 5.74) is 7.01. The highest BCUT2D eigenvalue weighted by Gasteiger charge is 2.24. The Bertz CT molecular complexity index is 634. The van der Waals surface area contributed by atoms with Crippen LogP contribution in [0, 0.1) is 10.7 Å². The summed E-state index contributed by atoms with van der Waals surface area (Å²) in [4.78, 5) is 33.9.